The number of aliphatic hydroxyl groups is 2. The second-order valence-corrected chi connectivity index (χ2v) is 17.2. The van der Waals surface area contributed by atoms with Crippen LogP contribution in [0.4, 0.5) is 0 Å². The molecule has 13 heteroatoms. The highest BCUT2D eigenvalue weighted by Crippen LogP contribution is 2.49. The van der Waals surface area contributed by atoms with E-state index < -0.39 is 54.6 Å². The molecule has 6 saturated heterocycles. The summed E-state index contributed by atoms with van der Waals surface area (Å²) in [5.74, 6) is -0.408. The van der Waals surface area contributed by atoms with Gasteiger partial charge in [-0.25, -0.2) is 0 Å². The molecular formula is C40H62N2O11. The number of hydrogen-bond donors (Lipinski definition) is 3. The van der Waals surface area contributed by atoms with Crippen LogP contribution in [0.3, 0.4) is 0 Å². The summed E-state index contributed by atoms with van der Waals surface area (Å²) in [5, 5.41) is 22.0. The third-order valence-corrected chi connectivity index (χ3v) is 13.8. The van der Waals surface area contributed by atoms with E-state index in [-0.39, 0.29) is 79.7 Å². The van der Waals surface area contributed by atoms with Crippen LogP contribution in [0, 0.1) is 11.8 Å². The third-order valence-electron chi connectivity index (χ3n) is 13.8. The Morgan fingerprint density at radius 2 is 1.66 bits per heavy atom. The Balaban J connectivity index is 1.19. The smallest absolute Gasteiger partial charge is 0.211 e. The summed E-state index contributed by atoms with van der Waals surface area (Å²) in [6.45, 7) is 6.57. The van der Waals surface area contributed by atoms with Gasteiger partial charge in [-0.1, -0.05) is 13.5 Å². The molecule has 11 rings (SSSR count). The lowest BCUT2D eigenvalue weighted by Crippen LogP contribution is -2.69. The summed E-state index contributed by atoms with van der Waals surface area (Å²) in [7, 11) is 3.34. The average Bonchev–Trinajstić information content (AvgIpc) is 3.79. The number of aliphatic hydroxyl groups excluding tert-OH is 2. The van der Waals surface area contributed by atoms with Crippen LogP contribution in [0.5, 0.6) is 0 Å². The van der Waals surface area contributed by atoms with Crippen molar-refractivity contribution in [2.75, 3.05) is 20.8 Å². The Morgan fingerprint density at radius 1 is 0.887 bits per heavy atom. The molecule has 0 aliphatic carbocycles. The number of rotatable bonds is 5. The molecule has 0 amide bonds. The molecule has 298 valence electrons. The quantitative estimate of drug-likeness (QED) is 0.353. The van der Waals surface area contributed by atoms with Gasteiger partial charge in [-0.05, 0) is 63.4 Å². The third kappa shape index (κ3) is 7.47. The maximum atomic E-state index is 14.0. The number of hydrogen-bond acceptors (Lipinski definition) is 13. The molecule has 53 heavy (non-hydrogen) atoms. The molecule has 0 saturated carbocycles. The van der Waals surface area contributed by atoms with Gasteiger partial charge in [-0.2, -0.15) is 0 Å². The summed E-state index contributed by atoms with van der Waals surface area (Å²) in [5.41, 5.74) is 6.61. The lowest BCUT2D eigenvalue weighted by molar-refractivity contribution is -0.317. The Labute approximate surface area is 313 Å². The van der Waals surface area contributed by atoms with Gasteiger partial charge in [0.2, 0.25) is 5.72 Å². The van der Waals surface area contributed by atoms with E-state index in [1.807, 2.05) is 0 Å². The molecule has 1 unspecified atom stereocenters. The second-order valence-electron chi connectivity index (χ2n) is 17.2. The minimum Gasteiger partial charge on any atom is -0.392 e. The molecule has 11 aliphatic heterocycles. The van der Waals surface area contributed by atoms with Gasteiger partial charge in [0, 0.05) is 70.4 Å². The summed E-state index contributed by atoms with van der Waals surface area (Å²) in [6, 6.07) is 0. The zero-order chi connectivity index (χ0) is 37.0. The van der Waals surface area contributed by atoms with Crippen LogP contribution in [-0.4, -0.2) is 140 Å². The largest absolute Gasteiger partial charge is 0.392 e. The monoisotopic (exact) mass is 746 g/mol. The fourth-order valence-corrected chi connectivity index (χ4v) is 11.2. The van der Waals surface area contributed by atoms with E-state index in [9.17, 15) is 15.0 Å². The molecule has 0 aromatic rings. The van der Waals surface area contributed by atoms with Gasteiger partial charge in [0.15, 0.2) is 0 Å². The van der Waals surface area contributed by atoms with E-state index >= 15 is 0 Å². The van der Waals surface area contributed by atoms with Gasteiger partial charge < -0.3 is 53.8 Å². The van der Waals surface area contributed by atoms with Crippen molar-refractivity contribution >= 4 is 11.5 Å². The number of nitrogens with two attached hydrogens (primary N) is 1. The molecule has 10 bridgehead atoms. The number of methoxy groups -OCH3 is 2. The van der Waals surface area contributed by atoms with E-state index in [1.165, 1.54) is 0 Å². The van der Waals surface area contributed by atoms with Crippen molar-refractivity contribution in [2.24, 2.45) is 22.6 Å². The van der Waals surface area contributed by atoms with Gasteiger partial charge in [0.25, 0.3) is 0 Å². The van der Waals surface area contributed by atoms with E-state index in [0.29, 0.717) is 38.5 Å². The number of carbonyl (C=O) groups excluding carboxylic acids is 1. The number of Topliss-reactive ketones (excluding diaryl/α,β-unsaturated/α-hetero) is 1. The zero-order valence-electron chi connectivity index (χ0n) is 31.7. The molecule has 0 aromatic heterocycles. The maximum Gasteiger partial charge on any atom is 0.211 e. The van der Waals surface area contributed by atoms with Crippen LogP contribution in [0.25, 0.3) is 0 Å². The van der Waals surface area contributed by atoms with E-state index in [2.05, 4.69) is 13.5 Å². The molecule has 6 fully saturated rings. The van der Waals surface area contributed by atoms with Crippen LogP contribution < -0.4 is 5.73 Å². The number of ether oxygens (including phenoxy) is 8. The SMILES string of the molecule is C=C1C[C@@H]2CC[C@@H]3C[C@@H](O)[C@H](O3)C3O[C@H]4CC[C@@H]5CC(=O)C[C@@H]6[C@@H](OC)[C@@H](C[C@H](O)CN)O[C@H]6C[C@H]6O[C@H](CC/C6=N/[C@@]4(O5)[C@H](OC)[C@@H]3C)CC[C@@H]1O2. The van der Waals surface area contributed by atoms with Gasteiger partial charge in [0.1, 0.15) is 24.1 Å². The number of nitrogens with zero attached hydrogens (tertiary/aromatic N) is 1. The molecule has 0 radical (unpaired) electrons. The first kappa shape index (κ1) is 38.5. The highest BCUT2D eigenvalue weighted by molar-refractivity contribution is 5.90. The van der Waals surface area contributed by atoms with Gasteiger partial charge >= 0.3 is 0 Å². The van der Waals surface area contributed by atoms with Crippen molar-refractivity contribution < 1.29 is 52.9 Å². The summed E-state index contributed by atoms with van der Waals surface area (Å²) in [6.07, 6.45) is 3.27. The van der Waals surface area contributed by atoms with Gasteiger partial charge in [0.05, 0.1) is 73.2 Å². The molecular weight excluding hydrogens is 684 g/mol. The molecule has 18 atom stereocenters. The minimum absolute atomic E-state index is 0.0228. The number of fused-ring (bicyclic) bond motifs is 2. The normalized spacial score (nSPS) is 50.5. The minimum atomic E-state index is -1.22. The summed E-state index contributed by atoms with van der Waals surface area (Å²) in [4.78, 5) is 19.6. The first-order chi connectivity index (χ1) is 25.6. The van der Waals surface area contributed by atoms with E-state index in [1.54, 1.807) is 14.2 Å². The Hall–Kier alpha value is -1.36. The average molecular weight is 747 g/mol. The van der Waals surface area contributed by atoms with Crippen molar-refractivity contribution in [3.05, 3.63) is 12.2 Å². The standard InChI is InChI=1S/C40H62N2O11/c1-20-13-25-5-6-26-17-30(45)38(50-26)36-21(2)39(47-4)40-35(52-36)12-9-27(53-40)14-22(43)15-28-32(51-34(37(28)46-3)16-23(44)19-41)18-33-29(42-40)10-7-24(48-33)8-11-31(20)49-25/h21,23-28,30-39,44-45H,1,5-19,41H2,2-4H3/b42-29-/t21-,23+,24-,25+,26-,27-,28+,30-,31+,32+,33-,34-,35+,36?,37-,38+,39-,40+/m1/s1. The fourth-order valence-electron chi connectivity index (χ4n) is 11.2. The summed E-state index contributed by atoms with van der Waals surface area (Å²) < 4.78 is 53.5. The van der Waals surface area contributed by atoms with E-state index in [0.717, 1.165) is 49.8 Å². The van der Waals surface area contributed by atoms with Crippen molar-refractivity contribution in [3.63, 3.8) is 0 Å². The molecule has 11 heterocycles. The highest BCUT2D eigenvalue weighted by Gasteiger charge is 2.62. The lowest BCUT2D eigenvalue weighted by atomic mass is 9.76. The predicted molar refractivity (Wildman–Crippen MR) is 192 cm³/mol. The maximum absolute atomic E-state index is 14.0. The second kappa shape index (κ2) is 15.9. The van der Waals surface area contributed by atoms with Crippen LogP contribution in [-0.2, 0) is 42.7 Å². The molecule has 4 N–H and O–H groups in total. The van der Waals surface area contributed by atoms with Crippen molar-refractivity contribution in [3.8, 4) is 0 Å². The van der Waals surface area contributed by atoms with Crippen LogP contribution in [0.2, 0.25) is 0 Å². The first-order valence-electron chi connectivity index (χ1n) is 20.4. The van der Waals surface area contributed by atoms with Crippen molar-refractivity contribution in [2.45, 2.75) is 194 Å². The van der Waals surface area contributed by atoms with Crippen LogP contribution >= 0.6 is 0 Å². The van der Waals surface area contributed by atoms with Gasteiger partial charge in [-0.3, -0.25) is 9.79 Å². The highest BCUT2D eigenvalue weighted by atomic mass is 16.6. The Kier molecular flexibility index (Phi) is 11.5. The number of ketones is 1. The fraction of sp³-hybridized carbons (Fsp3) is 0.900. The Morgan fingerprint density at radius 3 is 2.45 bits per heavy atom. The number of aliphatic imine (C=N–C) groups is 1. The van der Waals surface area contributed by atoms with Crippen molar-refractivity contribution in [1.29, 1.82) is 0 Å². The molecule has 1 spiro atoms. The molecule has 13 nitrogen and oxygen atoms in total. The first-order valence-corrected chi connectivity index (χ1v) is 20.4. The number of carbonyl (C=O) groups is 1. The molecule has 0 aromatic carbocycles. The van der Waals surface area contributed by atoms with Crippen LogP contribution in [0.15, 0.2) is 17.1 Å². The topological polar surface area (TPSA) is 170 Å². The predicted octanol–water partition coefficient (Wildman–Crippen LogP) is 2.94. The van der Waals surface area contributed by atoms with Gasteiger partial charge in [-0.15, -0.1) is 0 Å². The molecule has 11 aliphatic rings. The van der Waals surface area contributed by atoms with E-state index in [4.69, 9.17) is 48.6 Å². The lowest BCUT2D eigenvalue weighted by Gasteiger charge is -2.56. The van der Waals surface area contributed by atoms with Crippen LogP contribution in [0.1, 0.15) is 96.8 Å². The zero-order valence-corrected chi connectivity index (χ0v) is 31.7. The van der Waals surface area contributed by atoms with Crippen molar-refractivity contribution in [1.82, 2.24) is 0 Å². The summed E-state index contributed by atoms with van der Waals surface area (Å²) >= 11 is 0. The Bertz CT molecular complexity index is 1370.